The molecule has 2 aromatic rings. The van der Waals surface area contributed by atoms with Crippen LogP contribution in [0.4, 0.5) is 0 Å². The van der Waals surface area contributed by atoms with E-state index in [0.29, 0.717) is 17.3 Å². The van der Waals surface area contributed by atoms with Crippen molar-refractivity contribution in [3.05, 3.63) is 35.7 Å². The van der Waals surface area contributed by atoms with Crippen molar-refractivity contribution in [3.8, 4) is 11.5 Å². The molecule has 0 fully saturated rings. The molecule has 0 aliphatic rings. The third-order valence-corrected chi connectivity index (χ3v) is 3.32. The van der Waals surface area contributed by atoms with Crippen LogP contribution in [0.3, 0.4) is 0 Å². The van der Waals surface area contributed by atoms with Gasteiger partial charge in [0, 0.05) is 12.0 Å². The summed E-state index contributed by atoms with van der Waals surface area (Å²) in [5.41, 5.74) is 0.853. The lowest BCUT2D eigenvalue weighted by Crippen LogP contribution is -1.95. The van der Waals surface area contributed by atoms with E-state index >= 15 is 0 Å². The average molecular weight is 288 g/mol. The van der Waals surface area contributed by atoms with Gasteiger partial charge in [0.2, 0.25) is 11.8 Å². The molecule has 0 saturated carbocycles. The van der Waals surface area contributed by atoms with Gasteiger partial charge in [0.05, 0.1) is 5.56 Å². The minimum absolute atomic E-state index is 0.215. The smallest absolute Gasteiger partial charge is 0.335 e. The second-order valence-corrected chi connectivity index (χ2v) is 5.05. The van der Waals surface area contributed by atoms with Gasteiger partial charge in [-0.1, -0.05) is 38.7 Å². The number of aryl methyl sites for hydroxylation is 1. The first kappa shape index (κ1) is 15.2. The summed E-state index contributed by atoms with van der Waals surface area (Å²) in [4.78, 5) is 11.0. The van der Waals surface area contributed by atoms with Gasteiger partial charge in [-0.05, 0) is 24.6 Å². The molecule has 0 amide bonds. The molecule has 0 atom stereocenters. The number of hydrogen-bond acceptors (Lipinski definition) is 4. The Morgan fingerprint density at radius 2 is 2.00 bits per heavy atom. The third kappa shape index (κ3) is 4.41. The highest BCUT2D eigenvalue weighted by molar-refractivity contribution is 5.88. The molecule has 5 nitrogen and oxygen atoms in total. The zero-order valence-electron chi connectivity index (χ0n) is 12.2. The largest absolute Gasteiger partial charge is 0.478 e. The summed E-state index contributed by atoms with van der Waals surface area (Å²) in [5.74, 6) is 0.0244. The minimum atomic E-state index is -0.965. The number of aromatic nitrogens is 2. The van der Waals surface area contributed by atoms with E-state index in [0.717, 1.165) is 12.8 Å². The number of aromatic carboxylic acids is 1. The van der Waals surface area contributed by atoms with Crippen LogP contribution in [0.2, 0.25) is 0 Å². The summed E-state index contributed by atoms with van der Waals surface area (Å²) in [6.07, 6.45) is 6.70. The summed E-state index contributed by atoms with van der Waals surface area (Å²) in [5, 5.41) is 17.0. The number of benzene rings is 1. The van der Waals surface area contributed by atoms with Crippen LogP contribution in [-0.2, 0) is 6.42 Å². The molecule has 112 valence electrons. The second kappa shape index (κ2) is 7.57. The Morgan fingerprint density at radius 3 is 2.76 bits per heavy atom. The lowest BCUT2D eigenvalue weighted by molar-refractivity contribution is 0.0697. The van der Waals surface area contributed by atoms with Crippen LogP contribution in [0.5, 0.6) is 0 Å². The average Bonchev–Trinajstić information content (AvgIpc) is 2.96. The normalized spacial score (nSPS) is 10.7. The highest BCUT2D eigenvalue weighted by atomic mass is 16.4. The van der Waals surface area contributed by atoms with Crippen molar-refractivity contribution in [2.75, 3.05) is 0 Å². The molecule has 0 aliphatic heterocycles. The molecule has 0 spiro atoms. The number of unbranched alkanes of at least 4 members (excludes halogenated alkanes) is 4. The van der Waals surface area contributed by atoms with E-state index < -0.39 is 5.97 Å². The SMILES string of the molecule is CCCCCCCc1nnc(-c2cccc(C(=O)O)c2)o1. The molecule has 1 heterocycles. The molecule has 0 radical (unpaired) electrons. The molecule has 0 unspecified atom stereocenters. The molecule has 0 aliphatic carbocycles. The van der Waals surface area contributed by atoms with Gasteiger partial charge in [-0.25, -0.2) is 4.79 Å². The highest BCUT2D eigenvalue weighted by Gasteiger charge is 2.10. The van der Waals surface area contributed by atoms with Gasteiger partial charge in [0.25, 0.3) is 0 Å². The fourth-order valence-corrected chi connectivity index (χ4v) is 2.14. The molecule has 0 saturated heterocycles. The van der Waals surface area contributed by atoms with E-state index in [9.17, 15) is 4.79 Å². The maximum absolute atomic E-state index is 11.0. The van der Waals surface area contributed by atoms with Gasteiger partial charge < -0.3 is 9.52 Å². The number of hydrogen-bond donors (Lipinski definition) is 1. The van der Waals surface area contributed by atoms with Gasteiger partial charge in [-0.15, -0.1) is 10.2 Å². The van der Waals surface area contributed by atoms with Crippen molar-refractivity contribution in [1.29, 1.82) is 0 Å². The molecule has 5 heteroatoms. The Balaban J connectivity index is 1.96. The summed E-state index contributed by atoms with van der Waals surface area (Å²) >= 11 is 0. The van der Waals surface area contributed by atoms with E-state index in [4.69, 9.17) is 9.52 Å². The number of carboxylic acids is 1. The Labute approximate surface area is 124 Å². The summed E-state index contributed by atoms with van der Waals surface area (Å²) in [6.45, 7) is 2.19. The lowest BCUT2D eigenvalue weighted by Gasteiger charge is -1.98. The van der Waals surface area contributed by atoms with Crippen molar-refractivity contribution in [1.82, 2.24) is 10.2 Å². The lowest BCUT2D eigenvalue weighted by atomic mass is 10.1. The summed E-state index contributed by atoms with van der Waals surface area (Å²) in [7, 11) is 0. The molecule has 2 rings (SSSR count). The molecule has 21 heavy (non-hydrogen) atoms. The predicted molar refractivity (Wildman–Crippen MR) is 79.2 cm³/mol. The van der Waals surface area contributed by atoms with Crippen LogP contribution in [0.1, 0.15) is 55.3 Å². The number of carbonyl (C=O) groups is 1. The van der Waals surface area contributed by atoms with Gasteiger partial charge >= 0.3 is 5.97 Å². The van der Waals surface area contributed by atoms with Crippen LogP contribution in [0.15, 0.2) is 28.7 Å². The van der Waals surface area contributed by atoms with Gasteiger partial charge in [0.1, 0.15) is 0 Å². The zero-order chi connectivity index (χ0) is 15.1. The first-order valence-electron chi connectivity index (χ1n) is 7.37. The van der Waals surface area contributed by atoms with Crippen molar-refractivity contribution in [3.63, 3.8) is 0 Å². The Bertz CT molecular complexity index is 593. The van der Waals surface area contributed by atoms with Gasteiger partial charge in [-0.2, -0.15) is 0 Å². The molecular formula is C16H20N2O3. The maximum atomic E-state index is 11.0. The molecule has 1 aromatic heterocycles. The Kier molecular flexibility index (Phi) is 5.49. The number of rotatable bonds is 8. The number of carboxylic acid groups (broad SMARTS) is 1. The maximum Gasteiger partial charge on any atom is 0.335 e. The first-order chi connectivity index (χ1) is 10.2. The van der Waals surface area contributed by atoms with Crippen LogP contribution >= 0.6 is 0 Å². The summed E-state index contributed by atoms with van der Waals surface area (Å²) < 4.78 is 5.60. The van der Waals surface area contributed by atoms with Crippen molar-refractivity contribution in [2.45, 2.75) is 45.4 Å². The Hall–Kier alpha value is -2.17. The molecule has 1 N–H and O–H groups in total. The highest BCUT2D eigenvalue weighted by Crippen LogP contribution is 2.20. The van der Waals surface area contributed by atoms with Crippen LogP contribution in [0.25, 0.3) is 11.5 Å². The molecule has 1 aromatic carbocycles. The van der Waals surface area contributed by atoms with Crippen LogP contribution in [-0.4, -0.2) is 21.3 Å². The monoisotopic (exact) mass is 288 g/mol. The van der Waals surface area contributed by atoms with Crippen LogP contribution in [0, 0.1) is 0 Å². The van der Waals surface area contributed by atoms with E-state index in [1.165, 1.54) is 31.7 Å². The predicted octanol–water partition coefficient (Wildman–Crippen LogP) is 3.95. The molecule has 0 bridgehead atoms. The Morgan fingerprint density at radius 1 is 1.19 bits per heavy atom. The minimum Gasteiger partial charge on any atom is -0.478 e. The van der Waals surface area contributed by atoms with Crippen LogP contribution < -0.4 is 0 Å². The van der Waals surface area contributed by atoms with Gasteiger partial charge in [-0.3, -0.25) is 0 Å². The van der Waals surface area contributed by atoms with E-state index in [-0.39, 0.29) is 5.56 Å². The second-order valence-electron chi connectivity index (χ2n) is 5.05. The fourth-order valence-electron chi connectivity index (χ4n) is 2.14. The van der Waals surface area contributed by atoms with E-state index in [1.807, 2.05) is 0 Å². The topological polar surface area (TPSA) is 76.2 Å². The van der Waals surface area contributed by atoms with Crippen molar-refractivity contribution >= 4 is 5.97 Å². The van der Waals surface area contributed by atoms with E-state index in [1.54, 1.807) is 18.2 Å². The molecular weight excluding hydrogens is 268 g/mol. The third-order valence-electron chi connectivity index (χ3n) is 3.32. The summed E-state index contributed by atoms with van der Waals surface area (Å²) in [6, 6.07) is 6.52. The fraction of sp³-hybridized carbons (Fsp3) is 0.438. The van der Waals surface area contributed by atoms with Crippen molar-refractivity contribution in [2.24, 2.45) is 0 Å². The first-order valence-corrected chi connectivity index (χ1v) is 7.37. The van der Waals surface area contributed by atoms with E-state index in [2.05, 4.69) is 17.1 Å². The number of nitrogens with zero attached hydrogens (tertiary/aromatic N) is 2. The standard InChI is InChI=1S/C16H20N2O3/c1-2-3-4-5-6-10-14-17-18-15(21-14)12-8-7-9-13(11-12)16(19)20/h7-9,11H,2-6,10H2,1H3,(H,19,20). The van der Waals surface area contributed by atoms with Crippen molar-refractivity contribution < 1.29 is 14.3 Å². The quantitative estimate of drug-likeness (QED) is 0.744. The van der Waals surface area contributed by atoms with Gasteiger partial charge in [0.15, 0.2) is 0 Å². The zero-order valence-corrected chi connectivity index (χ0v) is 12.2.